The second-order valence-corrected chi connectivity index (χ2v) is 9.10. The van der Waals surface area contributed by atoms with E-state index in [4.69, 9.17) is 9.47 Å². The van der Waals surface area contributed by atoms with Crippen LogP contribution in [0.5, 0.6) is 0 Å². The first-order valence-corrected chi connectivity index (χ1v) is 10.7. The van der Waals surface area contributed by atoms with E-state index in [2.05, 4.69) is 6.92 Å². The van der Waals surface area contributed by atoms with Crippen LogP contribution in [0.25, 0.3) is 0 Å². The highest BCUT2D eigenvalue weighted by Crippen LogP contribution is 2.42. The highest BCUT2D eigenvalue weighted by atomic mass is 19.4. The number of hydrogen-bond donors (Lipinski definition) is 0. The average molecular weight is 377 g/mol. The predicted molar refractivity (Wildman–Crippen MR) is 95.7 cm³/mol. The first-order valence-electron chi connectivity index (χ1n) is 10.7. The number of ether oxygens (including phenoxy) is 2. The topological polar surface area (TPSA) is 18.5 Å². The minimum Gasteiger partial charge on any atom is -0.352 e. The van der Waals surface area contributed by atoms with Gasteiger partial charge in [-0.25, -0.2) is 0 Å². The van der Waals surface area contributed by atoms with Gasteiger partial charge in [0.15, 0.2) is 6.29 Å². The van der Waals surface area contributed by atoms with Crippen LogP contribution in [0.4, 0.5) is 13.2 Å². The summed E-state index contributed by atoms with van der Waals surface area (Å²) in [6.07, 6.45) is 6.41. The third kappa shape index (κ3) is 6.12. The zero-order valence-corrected chi connectivity index (χ0v) is 16.1. The van der Waals surface area contributed by atoms with E-state index in [-0.39, 0.29) is 18.6 Å². The maximum Gasteiger partial charge on any atom is 0.389 e. The summed E-state index contributed by atoms with van der Waals surface area (Å²) in [6.45, 7) is 3.49. The van der Waals surface area contributed by atoms with Crippen molar-refractivity contribution in [2.24, 2.45) is 29.6 Å². The van der Waals surface area contributed by atoms with Gasteiger partial charge in [0.2, 0.25) is 0 Å². The van der Waals surface area contributed by atoms with E-state index in [1.54, 1.807) is 0 Å². The van der Waals surface area contributed by atoms with E-state index in [1.165, 1.54) is 51.4 Å². The molecule has 0 amide bonds. The van der Waals surface area contributed by atoms with E-state index in [0.717, 1.165) is 17.8 Å². The molecule has 5 heteroatoms. The molecule has 1 saturated heterocycles. The Morgan fingerprint density at radius 2 is 1.27 bits per heavy atom. The molecule has 26 heavy (non-hydrogen) atoms. The molecule has 2 aliphatic carbocycles. The Hall–Kier alpha value is -0.290. The molecule has 0 spiro atoms. The van der Waals surface area contributed by atoms with Crippen LogP contribution in [0.2, 0.25) is 0 Å². The Balaban J connectivity index is 1.32. The molecule has 0 unspecified atom stereocenters. The first kappa shape index (κ1) is 20.4. The van der Waals surface area contributed by atoms with Gasteiger partial charge >= 0.3 is 6.18 Å². The lowest BCUT2D eigenvalue weighted by molar-refractivity contribution is -0.231. The van der Waals surface area contributed by atoms with Crippen molar-refractivity contribution in [1.82, 2.24) is 0 Å². The molecule has 3 rings (SSSR count). The van der Waals surface area contributed by atoms with Gasteiger partial charge in [-0.1, -0.05) is 19.8 Å². The Kier molecular flexibility index (Phi) is 7.29. The summed E-state index contributed by atoms with van der Waals surface area (Å²) in [4.78, 5) is 0. The Labute approximate surface area is 156 Å². The smallest absolute Gasteiger partial charge is 0.352 e. The summed E-state index contributed by atoms with van der Waals surface area (Å²) in [6, 6.07) is 0. The molecule has 0 radical (unpaired) electrons. The zero-order valence-electron chi connectivity index (χ0n) is 16.1. The van der Waals surface area contributed by atoms with E-state index < -0.39 is 12.6 Å². The van der Waals surface area contributed by atoms with Gasteiger partial charge in [0.25, 0.3) is 0 Å². The average Bonchev–Trinajstić information content (AvgIpc) is 2.62. The Bertz CT molecular complexity index is 402. The van der Waals surface area contributed by atoms with Crippen LogP contribution in [0.1, 0.15) is 77.6 Å². The molecule has 0 atom stereocenters. The van der Waals surface area contributed by atoms with Gasteiger partial charge in [-0.15, -0.1) is 0 Å². The van der Waals surface area contributed by atoms with Crippen LogP contribution >= 0.6 is 0 Å². The molecule has 152 valence electrons. The van der Waals surface area contributed by atoms with Crippen LogP contribution in [-0.2, 0) is 9.47 Å². The summed E-state index contributed by atoms with van der Waals surface area (Å²) in [5, 5.41) is 0. The molecule has 0 N–H and O–H groups in total. The summed E-state index contributed by atoms with van der Waals surface area (Å²) in [7, 11) is 0. The van der Waals surface area contributed by atoms with Crippen LogP contribution in [0, 0.1) is 29.6 Å². The van der Waals surface area contributed by atoms with Gasteiger partial charge in [-0.3, -0.25) is 0 Å². The first-order chi connectivity index (χ1) is 12.4. The molecule has 1 aliphatic heterocycles. The predicted octanol–water partition coefficient (Wildman–Crippen LogP) is 6.34. The van der Waals surface area contributed by atoms with E-state index in [0.29, 0.717) is 25.6 Å². The lowest BCUT2D eigenvalue weighted by atomic mass is 9.69. The molecule has 0 aromatic carbocycles. The number of rotatable bonds is 5. The third-order valence-corrected chi connectivity index (χ3v) is 6.99. The molecule has 0 aromatic heterocycles. The fraction of sp³-hybridized carbons (Fsp3) is 1.00. The van der Waals surface area contributed by atoms with Gasteiger partial charge in [0.05, 0.1) is 13.2 Å². The van der Waals surface area contributed by atoms with Crippen LogP contribution < -0.4 is 0 Å². The second-order valence-electron chi connectivity index (χ2n) is 9.10. The molecule has 2 saturated carbocycles. The van der Waals surface area contributed by atoms with Gasteiger partial charge < -0.3 is 9.47 Å². The lowest BCUT2D eigenvalue weighted by Crippen LogP contribution is -2.39. The van der Waals surface area contributed by atoms with E-state index >= 15 is 0 Å². The number of alkyl halides is 3. The minimum atomic E-state index is -4.05. The van der Waals surface area contributed by atoms with Crippen molar-refractivity contribution < 1.29 is 22.6 Å². The summed E-state index contributed by atoms with van der Waals surface area (Å²) < 4.78 is 48.5. The quantitative estimate of drug-likeness (QED) is 0.557. The molecule has 2 nitrogen and oxygen atoms in total. The van der Waals surface area contributed by atoms with Crippen molar-refractivity contribution in [2.45, 2.75) is 90.0 Å². The fourth-order valence-electron chi connectivity index (χ4n) is 5.23. The molecule has 3 aliphatic rings. The maximum atomic E-state index is 12.2. The van der Waals surface area contributed by atoms with Crippen LogP contribution in [-0.4, -0.2) is 25.7 Å². The zero-order chi connectivity index (χ0) is 18.6. The highest BCUT2D eigenvalue weighted by molar-refractivity contribution is 4.83. The monoisotopic (exact) mass is 376 g/mol. The maximum absolute atomic E-state index is 12.2. The van der Waals surface area contributed by atoms with Crippen molar-refractivity contribution >= 4 is 0 Å². The number of hydrogen-bond acceptors (Lipinski definition) is 2. The fourth-order valence-corrected chi connectivity index (χ4v) is 5.23. The Morgan fingerprint density at radius 1 is 0.769 bits per heavy atom. The lowest BCUT2D eigenvalue weighted by Gasteiger charge is -2.40. The van der Waals surface area contributed by atoms with Crippen molar-refractivity contribution in [1.29, 1.82) is 0 Å². The summed E-state index contributed by atoms with van der Waals surface area (Å²) in [5.41, 5.74) is 0. The summed E-state index contributed by atoms with van der Waals surface area (Å²) >= 11 is 0. The highest BCUT2D eigenvalue weighted by Gasteiger charge is 2.35. The largest absolute Gasteiger partial charge is 0.389 e. The van der Waals surface area contributed by atoms with Gasteiger partial charge in [-0.05, 0) is 69.1 Å². The standard InChI is InChI=1S/C21H35F3O2/c1-15-4-6-17(7-5-15)18-8-10-19(11-9-18)20-25-13-16(14-26-20)3-2-12-21(22,23)24/h15-20H,2-14H2,1H3/t15-,16-,17-,18-,19-,20-. The van der Waals surface area contributed by atoms with Crippen molar-refractivity contribution in [3.8, 4) is 0 Å². The van der Waals surface area contributed by atoms with Gasteiger partial charge in [0, 0.05) is 18.3 Å². The van der Waals surface area contributed by atoms with Crippen LogP contribution in [0.3, 0.4) is 0 Å². The van der Waals surface area contributed by atoms with Crippen molar-refractivity contribution in [2.75, 3.05) is 13.2 Å². The van der Waals surface area contributed by atoms with Crippen molar-refractivity contribution in [3.63, 3.8) is 0 Å². The minimum absolute atomic E-state index is 0.120. The van der Waals surface area contributed by atoms with E-state index in [1.807, 2.05) is 0 Å². The molecule has 0 aromatic rings. The Morgan fingerprint density at radius 3 is 1.81 bits per heavy atom. The SMILES string of the molecule is C[C@H]1CC[C@H]([C@H]2CC[C@H]([C@H]3OC[C@H](CCCC(F)(F)F)CO3)CC2)CC1. The second kappa shape index (κ2) is 9.27. The summed E-state index contributed by atoms with van der Waals surface area (Å²) in [5.74, 6) is 3.32. The van der Waals surface area contributed by atoms with Crippen LogP contribution in [0.15, 0.2) is 0 Å². The molecular weight excluding hydrogens is 341 g/mol. The van der Waals surface area contributed by atoms with E-state index in [9.17, 15) is 13.2 Å². The van der Waals surface area contributed by atoms with Crippen molar-refractivity contribution in [3.05, 3.63) is 0 Å². The molecule has 0 bridgehead atoms. The molecular formula is C21H35F3O2. The molecule has 1 heterocycles. The number of halogens is 3. The normalized spacial score (nSPS) is 39.7. The molecule has 3 fully saturated rings. The van der Waals surface area contributed by atoms with Gasteiger partial charge in [-0.2, -0.15) is 13.2 Å². The third-order valence-electron chi connectivity index (χ3n) is 6.99. The van der Waals surface area contributed by atoms with Gasteiger partial charge in [0.1, 0.15) is 0 Å².